The molecule has 0 aromatic carbocycles. The second-order valence-electron chi connectivity index (χ2n) is 4.04. The summed E-state index contributed by atoms with van der Waals surface area (Å²) in [4.78, 5) is 0. The van der Waals surface area contributed by atoms with Crippen molar-refractivity contribution in [1.82, 2.24) is 5.32 Å². The zero-order chi connectivity index (χ0) is 13.5. The molecule has 0 aliphatic carbocycles. The summed E-state index contributed by atoms with van der Waals surface area (Å²) >= 11 is 0. The van der Waals surface area contributed by atoms with E-state index in [1.54, 1.807) is 0 Å². The van der Waals surface area contributed by atoms with Crippen LogP contribution < -0.4 is 5.32 Å². The molecule has 1 aliphatic heterocycles. The molecule has 0 aromatic rings. The van der Waals surface area contributed by atoms with Gasteiger partial charge in [-0.05, 0) is 0 Å². The first-order chi connectivity index (χ1) is 8.61. The summed E-state index contributed by atoms with van der Waals surface area (Å²) in [6, 6.07) is 0. The lowest BCUT2D eigenvalue weighted by molar-refractivity contribution is -0.300. The van der Waals surface area contributed by atoms with E-state index in [4.69, 9.17) is 19.7 Å². The van der Waals surface area contributed by atoms with Crippen LogP contribution in [0.5, 0.6) is 0 Å². The third kappa shape index (κ3) is 4.11. The van der Waals surface area contributed by atoms with Gasteiger partial charge in [0.05, 0.1) is 19.8 Å². The van der Waals surface area contributed by atoms with Gasteiger partial charge < -0.3 is 40.3 Å². The first kappa shape index (κ1) is 15.7. The molecule has 0 saturated carbocycles. The van der Waals surface area contributed by atoms with Gasteiger partial charge in [-0.2, -0.15) is 0 Å². The lowest BCUT2D eigenvalue weighted by atomic mass is 9.99. The molecule has 108 valence electrons. The largest absolute Gasteiger partial charge is 0.395 e. The number of hydrogen-bond donors (Lipinski definition) is 6. The van der Waals surface area contributed by atoms with Gasteiger partial charge in [-0.15, -0.1) is 0 Å². The Bertz CT molecular complexity index is 228. The van der Waals surface area contributed by atoms with Gasteiger partial charge >= 0.3 is 0 Å². The van der Waals surface area contributed by atoms with Gasteiger partial charge in [0.1, 0.15) is 24.4 Å². The number of ether oxygens (including phenoxy) is 2. The first-order valence-corrected chi connectivity index (χ1v) is 5.85. The Kier molecular flexibility index (Phi) is 6.97. The van der Waals surface area contributed by atoms with Crippen LogP contribution in [0.15, 0.2) is 0 Å². The molecule has 18 heavy (non-hydrogen) atoms. The lowest BCUT2D eigenvalue weighted by Crippen LogP contribution is -2.59. The minimum Gasteiger partial charge on any atom is -0.395 e. The van der Waals surface area contributed by atoms with Crippen molar-refractivity contribution in [1.29, 1.82) is 0 Å². The number of aliphatic hydroxyl groups is 5. The van der Waals surface area contributed by atoms with Crippen LogP contribution >= 0.6 is 0 Å². The predicted octanol–water partition coefficient (Wildman–Crippen LogP) is -3.62. The van der Waals surface area contributed by atoms with Gasteiger partial charge in [0.15, 0.2) is 6.29 Å². The van der Waals surface area contributed by atoms with E-state index in [1.807, 2.05) is 0 Å². The number of rotatable bonds is 7. The van der Waals surface area contributed by atoms with Gasteiger partial charge in [0.25, 0.3) is 0 Å². The van der Waals surface area contributed by atoms with Crippen LogP contribution in [0.1, 0.15) is 0 Å². The van der Waals surface area contributed by atoms with E-state index in [0.29, 0.717) is 13.1 Å². The number of aliphatic hydroxyl groups excluding tert-OH is 5. The molecular weight excluding hydrogens is 246 g/mol. The Balaban J connectivity index is 2.35. The minimum absolute atomic E-state index is 0.0139. The fourth-order valence-electron chi connectivity index (χ4n) is 1.66. The maximum atomic E-state index is 9.62. The van der Waals surface area contributed by atoms with E-state index >= 15 is 0 Å². The quantitative estimate of drug-likeness (QED) is 0.261. The lowest BCUT2D eigenvalue weighted by Gasteiger charge is -2.39. The monoisotopic (exact) mass is 267 g/mol. The van der Waals surface area contributed by atoms with Gasteiger partial charge in [-0.3, -0.25) is 0 Å². The molecule has 1 aliphatic rings. The van der Waals surface area contributed by atoms with E-state index in [2.05, 4.69) is 5.32 Å². The molecule has 6 N–H and O–H groups in total. The molecule has 0 bridgehead atoms. The second kappa shape index (κ2) is 7.97. The second-order valence-corrected chi connectivity index (χ2v) is 4.04. The van der Waals surface area contributed by atoms with Crippen molar-refractivity contribution in [3.05, 3.63) is 0 Å². The SMILES string of the molecule is OCCNCCO[C@H]1OC(CO)[C@@H](O)C(O)C1O. The van der Waals surface area contributed by atoms with Gasteiger partial charge in [-0.25, -0.2) is 0 Å². The van der Waals surface area contributed by atoms with Crippen LogP contribution in [0.3, 0.4) is 0 Å². The molecule has 8 nitrogen and oxygen atoms in total. The predicted molar refractivity (Wildman–Crippen MR) is 59.7 cm³/mol. The first-order valence-electron chi connectivity index (χ1n) is 5.85. The molecule has 1 fully saturated rings. The highest BCUT2D eigenvalue weighted by Gasteiger charge is 2.43. The van der Waals surface area contributed by atoms with E-state index in [-0.39, 0.29) is 13.2 Å². The van der Waals surface area contributed by atoms with Crippen LogP contribution in [-0.4, -0.2) is 89.1 Å². The highest BCUT2D eigenvalue weighted by molar-refractivity contribution is 4.88. The average Bonchev–Trinajstić information content (AvgIpc) is 2.38. The van der Waals surface area contributed by atoms with Crippen LogP contribution in [0.4, 0.5) is 0 Å². The summed E-state index contributed by atoms with van der Waals surface area (Å²) in [6.45, 7) is 0.601. The summed E-state index contributed by atoms with van der Waals surface area (Å²) in [5, 5.41) is 49.0. The summed E-state index contributed by atoms with van der Waals surface area (Å²) < 4.78 is 10.3. The average molecular weight is 267 g/mol. The zero-order valence-electron chi connectivity index (χ0n) is 9.97. The van der Waals surface area contributed by atoms with Gasteiger partial charge in [0.2, 0.25) is 0 Å². The maximum absolute atomic E-state index is 9.62. The molecule has 0 radical (unpaired) electrons. The van der Waals surface area contributed by atoms with Gasteiger partial charge in [0, 0.05) is 13.1 Å². The molecule has 5 atom stereocenters. The van der Waals surface area contributed by atoms with Crippen molar-refractivity contribution < 1.29 is 35.0 Å². The molecule has 0 spiro atoms. The smallest absolute Gasteiger partial charge is 0.186 e. The van der Waals surface area contributed by atoms with E-state index in [0.717, 1.165) is 0 Å². The van der Waals surface area contributed by atoms with Crippen molar-refractivity contribution in [3.63, 3.8) is 0 Å². The van der Waals surface area contributed by atoms with E-state index in [1.165, 1.54) is 0 Å². The van der Waals surface area contributed by atoms with Crippen LogP contribution in [0.2, 0.25) is 0 Å². The van der Waals surface area contributed by atoms with Crippen LogP contribution in [0.25, 0.3) is 0 Å². The molecule has 1 heterocycles. The van der Waals surface area contributed by atoms with Crippen molar-refractivity contribution in [3.8, 4) is 0 Å². The highest BCUT2D eigenvalue weighted by Crippen LogP contribution is 2.21. The number of hydrogen-bond acceptors (Lipinski definition) is 8. The zero-order valence-corrected chi connectivity index (χ0v) is 9.97. The summed E-state index contributed by atoms with van der Waals surface area (Å²) in [5.41, 5.74) is 0. The topological polar surface area (TPSA) is 132 Å². The molecule has 3 unspecified atom stereocenters. The van der Waals surface area contributed by atoms with E-state index < -0.39 is 37.3 Å². The summed E-state index contributed by atoms with van der Waals surface area (Å²) in [7, 11) is 0. The third-order valence-corrected chi connectivity index (χ3v) is 2.70. The minimum atomic E-state index is -1.42. The Morgan fingerprint density at radius 3 is 2.33 bits per heavy atom. The Morgan fingerprint density at radius 1 is 1.00 bits per heavy atom. The highest BCUT2D eigenvalue weighted by atomic mass is 16.7. The van der Waals surface area contributed by atoms with Crippen molar-refractivity contribution in [2.75, 3.05) is 32.9 Å². The molecule has 0 aromatic heterocycles. The summed E-state index contributed by atoms with van der Waals surface area (Å²) in [6.07, 6.45) is -6.24. The standard InChI is InChI=1S/C10H21NO7/c12-3-1-11-2-4-17-10-9(16)8(15)7(14)6(5-13)18-10/h6-16H,1-5H2/t6?,7-,8?,9?,10+/m1/s1. The van der Waals surface area contributed by atoms with Crippen LogP contribution in [-0.2, 0) is 9.47 Å². The Hall–Kier alpha value is -0.320. The molecule has 1 rings (SSSR count). The fraction of sp³-hybridized carbons (Fsp3) is 1.00. The van der Waals surface area contributed by atoms with Crippen molar-refractivity contribution >= 4 is 0 Å². The van der Waals surface area contributed by atoms with Crippen molar-refractivity contribution in [2.45, 2.75) is 30.7 Å². The molecule has 0 amide bonds. The molecular formula is C10H21NO7. The third-order valence-electron chi connectivity index (χ3n) is 2.70. The Morgan fingerprint density at radius 2 is 1.72 bits per heavy atom. The summed E-state index contributed by atoms with van der Waals surface area (Å²) in [5.74, 6) is 0. The van der Waals surface area contributed by atoms with Crippen LogP contribution in [0, 0.1) is 0 Å². The normalized spacial score (nSPS) is 36.8. The molecule has 8 heteroatoms. The fourth-order valence-corrected chi connectivity index (χ4v) is 1.66. The van der Waals surface area contributed by atoms with Crippen molar-refractivity contribution in [2.24, 2.45) is 0 Å². The van der Waals surface area contributed by atoms with Gasteiger partial charge in [-0.1, -0.05) is 0 Å². The maximum Gasteiger partial charge on any atom is 0.186 e. The number of nitrogens with one attached hydrogen (secondary N) is 1. The van der Waals surface area contributed by atoms with E-state index in [9.17, 15) is 15.3 Å². The Labute approximate surface area is 105 Å². The molecule has 1 saturated heterocycles.